The van der Waals surface area contributed by atoms with Crippen molar-refractivity contribution in [1.82, 2.24) is 4.90 Å². The predicted octanol–water partition coefficient (Wildman–Crippen LogP) is 1.53. The largest absolute Gasteiger partial charge is 0.469 e. The minimum atomic E-state index is -0.330. The molecule has 1 rings (SSSR count). The van der Waals surface area contributed by atoms with Crippen molar-refractivity contribution in [3.05, 3.63) is 35.4 Å². The normalized spacial score (nSPS) is 10.2. The van der Waals surface area contributed by atoms with Crippen LogP contribution in [0.3, 0.4) is 0 Å². The number of carbonyl (C=O) groups excluding carboxylic acids is 2. The molecule has 20 heavy (non-hydrogen) atoms. The number of rotatable bonds is 7. The molecular weight excluding hydrogens is 258 g/mol. The molecule has 0 bridgehead atoms. The molecule has 0 aromatic heterocycles. The fourth-order valence-corrected chi connectivity index (χ4v) is 1.75. The molecule has 0 aliphatic rings. The molecule has 0 heterocycles. The van der Waals surface area contributed by atoms with Gasteiger partial charge in [-0.15, -0.1) is 0 Å². The molecule has 5 heteroatoms. The number of ether oxygens (including phenoxy) is 2. The molecule has 1 amide bonds. The Hall–Kier alpha value is -1.88. The maximum absolute atomic E-state index is 12.0. The molecule has 0 fully saturated rings. The zero-order chi connectivity index (χ0) is 15.0. The Balaban J connectivity index is 2.68. The molecule has 0 atom stereocenters. The second kappa shape index (κ2) is 8.32. The van der Waals surface area contributed by atoms with E-state index in [0.29, 0.717) is 13.1 Å². The number of hydrogen-bond donors (Lipinski definition) is 0. The SMILES string of the molecule is COCC(=O)N(CCC(=O)OC)Cc1ccc(C)cc1. The van der Waals surface area contributed by atoms with E-state index in [1.165, 1.54) is 14.2 Å². The van der Waals surface area contributed by atoms with Gasteiger partial charge in [0.15, 0.2) is 0 Å². The summed E-state index contributed by atoms with van der Waals surface area (Å²) in [5, 5.41) is 0. The number of carbonyl (C=O) groups is 2. The number of amides is 1. The highest BCUT2D eigenvalue weighted by atomic mass is 16.5. The summed E-state index contributed by atoms with van der Waals surface area (Å²) in [5.74, 6) is -0.471. The lowest BCUT2D eigenvalue weighted by Crippen LogP contribution is -2.35. The van der Waals surface area contributed by atoms with E-state index in [-0.39, 0.29) is 24.9 Å². The Morgan fingerprint density at radius 1 is 1.15 bits per heavy atom. The summed E-state index contributed by atoms with van der Waals surface area (Å²) < 4.78 is 9.47. The van der Waals surface area contributed by atoms with Crippen LogP contribution < -0.4 is 0 Å². The molecule has 5 nitrogen and oxygen atoms in total. The van der Waals surface area contributed by atoms with E-state index in [2.05, 4.69) is 4.74 Å². The van der Waals surface area contributed by atoms with Crippen LogP contribution in [0.4, 0.5) is 0 Å². The number of methoxy groups -OCH3 is 2. The van der Waals surface area contributed by atoms with Crippen LogP contribution in [0, 0.1) is 6.92 Å². The van der Waals surface area contributed by atoms with Gasteiger partial charge in [-0.2, -0.15) is 0 Å². The minimum absolute atomic E-state index is 0.00698. The molecule has 0 aliphatic carbocycles. The quantitative estimate of drug-likeness (QED) is 0.710. The minimum Gasteiger partial charge on any atom is -0.469 e. The van der Waals surface area contributed by atoms with Gasteiger partial charge in [0, 0.05) is 20.2 Å². The van der Waals surface area contributed by atoms with E-state index < -0.39 is 0 Å². The Morgan fingerprint density at radius 2 is 1.80 bits per heavy atom. The highest BCUT2D eigenvalue weighted by Gasteiger charge is 2.15. The first-order valence-corrected chi connectivity index (χ1v) is 6.46. The lowest BCUT2D eigenvalue weighted by Gasteiger charge is -2.22. The van der Waals surface area contributed by atoms with Crippen LogP contribution in [0.5, 0.6) is 0 Å². The average molecular weight is 279 g/mol. The van der Waals surface area contributed by atoms with Gasteiger partial charge in [0.05, 0.1) is 13.5 Å². The number of aryl methyl sites for hydroxylation is 1. The molecular formula is C15H21NO4. The smallest absolute Gasteiger partial charge is 0.307 e. The first-order chi connectivity index (χ1) is 9.56. The molecule has 0 aliphatic heterocycles. The van der Waals surface area contributed by atoms with Crippen molar-refractivity contribution in [2.24, 2.45) is 0 Å². The van der Waals surface area contributed by atoms with Crippen LogP contribution in [0.15, 0.2) is 24.3 Å². The number of benzene rings is 1. The maximum atomic E-state index is 12.0. The zero-order valence-corrected chi connectivity index (χ0v) is 12.2. The summed E-state index contributed by atoms with van der Waals surface area (Å²) in [4.78, 5) is 24.8. The monoisotopic (exact) mass is 279 g/mol. The summed E-state index contributed by atoms with van der Waals surface area (Å²) in [5.41, 5.74) is 2.18. The van der Waals surface area contributed by atoms with Gasteiger partial charge in [0.1, 0.15) is 6.61 Å². The predicted molar refractivity (Wildman–Crippen MR) is 75.1 cm³/mol. The van der Waals surface area contributed by atoms with E-state index in [1.54, 1.807) is 4.90 Å². The molecule has 0 saturated carbocycles. The van der Waals surface area contributed by atoms with Crippen molar-refractivity contribution in [3.63, 3.8) is 0 Å². The number of hydrogen-bond acceptors (Lipinski definition) is 4. The second-order valence-corrected chi connectivity index (χ2v) is 4.56. The van der Waals surface area contributed by atoms with Crippen LogP contribution in [0.2, 0.25) is 0 Å². The van der Waals surface area contributed by atoms with E-state index in [0.717, 1.165) is 11.1 Å². The van der Waals surface area contributed by atoms with Crippen LogP contribution in [-0.2, 0) is 25.6 Å². The molecule has 1 aromatic rings. The van der Waals surface area contributed by atoms with Crippen molar-refractivity contribution in [1.29, 1.82) is 0 Å². The Labute approximate surface area is 119 Å². The summed E-state index contributed by atoms with van der Waals surface area (Å²) in [7, 11) is 2.81. The topological polar surface area (TPSA) is 55.8 Å². The molecule has 0 N–H and O–H groups in total. The zero-order valence-electron chi connectivity index (χ0n) is 12.2. The highest BCUT2D eigenvalue weighted by molar-refractivity contribution is 5.78. The van der Waals surface area contributed by atoms with Crippen molar-refractivity contribution < 1.29 is 19.1 Å². The number of esters is 1. The Morgan fingerprint density at radius 3 is 2.35 bits per heavy atom. The maximum Gasteiger partial charge on any atom is 0.307 e. The van der Waals surface area contributed by atoms with Crippen molar-refractivity contribution in [3.8, 4) is 0 Å². The fourth-order valence-electron chi connectivity index (χ4n) is 1.75. The van der Waals surface area contributed by atoms with Crippen molar-refractivity contribution >= 4 is 11.9 Å². The fraction of sp³-hybridized carbons (Fsp3) is 0.467. The molecule has 0 saturated heterocycles. The van der Waals surface area contributed by atoms with Gasteiger partial charge in [0.2, 0.25) is 5.91 Å². The van der Waals surface area contributed by atoms with Crippen LogP contribution in [0.1, 0.15) is 17.5 Å². The van der Waals surface area contributed by atoms with E-state index in [4.69, 9.17) is 4.74 Å². The summed E-state index contributed by atoms with van der Waals surface area (Å²) >= 11 is 0. The molecule has 0 unspecified atom stereocenters. The van der Waals surface area contributed by atoms with Crippen LogP contribution in [-0.4, -0.2) is 44.1 Å². The number of nitrogens with zero attached hydrogens (tertiary/aromatic N) is 1. The Bertz CT molecular complexity index is 442. The van der Waals surface area contributed by atoms with E-state index in [9.17, 15) is 9.59 Å². The summed E-state index contributed by atoms with van der Waals surface area (Å²) in [6.07, 6.45) is 0.178. The average Bonchev–Trinajstić information content (AvgIpc) is 2.45. The summed E-state index contributed by atoms with van der Waals surface area (Å²) in [6.45, 7) is 2.80. The van der Waals surface area contributed by atoms with E-state index in [1.807, 2.05) is 31.2 Å². The first-order valence-electron chi connectivity index (χ1n) is 6.46. The van der Waals surface area contributed by atoms with E-state index >= 15 is 0 Å². The van der Waals surface area contributed by atoms with Gasteiger partial charge in [-0.1, -0.05) is 29.8 Å². The van der Waals surface area contributed by atoms with Gasteiger partial charge in [0.25, 0.3) is 0 Å². The Kier molecular flexibility index (Phi) is 6.73. The first kappa shape index (κ1) is 16.2. The molecule has 110 valence electrons. The van der Waals surface area contributed by atoms with Gasteiger partial charge in [-0.25, -0.2) is 0 Å². The second-order valence-electron chi connectivity index (χ2n) is 4.56. The lowest BCUT2D eigenvalue weighted by atomic mass is 10.1. The molecule has 0 radical (unpaired) electrons. The van der Waals surface area contributed by atoms with Crippen LogP contribution in [0.25, 0.3) is 0 Å². The van der Waals surface area contributed by atoms with Crippen molar-refractivity contribution in [2.75, 3.05) is 27.4 Å². The van der Waals surface area contributed by atoms with Gasteiger partial charge < -0.3 is 14.4 Å². The van der Waals surface area contributed by atoms with Gasteiger partial charge >= 0.3 is 5.97 Å². The van der Waals surface area contributed by atoms with Gasteiger partial charge in [-0.05, 0) is 12.5 Å². The van der Waals surface area contributed by atoms with Gasteiger partial charge in [-0.3, -0.25) is 9.59 Å². The third-order valence-electron chi connectivity index (χ3n) is 2.93. The standard InChI is InChI=1S/C15H21NO4/c1-12-4-6-13(7-5-12)10-16(14(17)11-19-2)9-8-15(18)20-3/h4-7H,8-11H2,1-3H3. The molecule has 1 aromatic carbocycles. The molecule has 0 spiro atoms. The third-order valence-corrected chi connectivity index (χ3v) is 2.93. The third kappa shape index (κ3) is 5.40. The highest BCUT2D eigenvalue weighted by Crippen LogP contribution is 2.08. The summed E-state index contributed by atoms with van der Waals surface area (Å²) in [6, 6.07) is 7.93. The van der Waals surface area contributed by atoms with Crippen molar-refractivity contribution in [2.45, 2.75) is 19.9 Å². The lowest BCUT2D eigenvalue weighted by molar-refractivity contribution is -0.142. The van der Waals surface area contributed by atoms with Crippen LogP contribution >= 0.6 is 0 Å².